The summed E-state index contributed by atoms with van der Waals surface area (Å²) < 4.78 is 0. The molecule has 1 aromatic rings. The molecule has 0 aliphatic carbocycles. The zero-order valence-corrected chi connectivity index (χ0v) is 13.6. The van der Waals surface area contributed by atoms with Crippen LogP contribution in [0.4, 0.5) is 5.69 Å². The molecular weight excluding hydrogens is 244 g/mol. The van der Waals surface area contributed by atoms with Gasteiger partial charge in [-0.15, -0.1) is 0 Å². The van der Waals surface area contributed by atoms with E-state index < -0.39 is 0 Å². The summed E-state index contributed by atoms with van der Waals surface area (Å²) in [7, 11) is 2.23. The van der Waals surface area contributed by atoms with Gasteiger partial charge in [0.2, 0.25) is 0 Å². The number of anilines is 1. The Balaban J connectivity index is 1.86. The van der Waals surface area contributed by atoms with Crippen LogP contribution in [0, 0.1) is 25.7 Å². The number of benzene rings is 1. The maximum absolute atomic E-state index is 3.54. The van der Waals surface area contributed by atoms with E-state index in [1.54, 1.807) is 0 Å². The second kappa shape index (κ2) is 7.12. The van der Waals surface area contributed by atoms with Gasteiger partial charge in [-0.2, -0.15) is 0 Å². The van der Waals surface area contributed by atoms with Crippen LogP contribution in [0.2, 0.25) is 0 Å². The van der Waals surface area contributed by atoms with Crippen LogP contribution in [0.15, 0.2) is 18.2 Å². The van der Waals surface area contributed by atoms with Gasteiger partial charge in [0.15, 0.2) is 0 Å². The summed E-state index contributed by atoms with van der Waals surface area (Å²) in [5, 5.41) is 3.54. The van der Waals surface area contributed by atoms with Crippen molar-refractivity contribution in [2.24, 2.45) is 11.8 Å². The van der Waals surface area contributed by atoms with E-state index in [9.17, 15) is 0 Å². The average Bonchev–Trinajstić information content (AvgIpc) is 2.45. The van der Waals surface area contributed by atoms with E-state index in [0.717, 1.165) is 18.4 Å². The second-order valence-electron chi connectivity index (χ2n) is 6.58. The Kier molecular flexibility index (Phi) is 5.47. The van der Waals surface area contributed by atoms with Gasteiger partial charge in [0, 0.05) is 19.3 Å². The van der Waals surface area contributed by atoms with E-state index in [-0.39, 0.29) is 0 Å². The Hall–Kier alpha value is -1.02. The minimum Gasteiger partial charge on any atom is -0.374 e. The number of aryl methyl sites for hydroxylation is 2. The molecule has 1 aromatic carbocycles. The van der Waals surface area contributed by atoms with Crippen LogP contribution in [-0.4, -0.2) is 26.7 Å². The van der Waals surface area contributed by atoms with Crippen molar-refractivity contribution in [3.05, 3.63) is 29.3 Å². The maximum Gasteiger partial charge on any atom is 0.0393 e. The third-order valence-electron chi connectivity index (χ3n) is 4.82. The largest absolute Gasteiger partial charge is 0.374 e. The van der Waals surface area contributed by atoms with Gasteiger partial charge in [0.25, 0.3) is 0 Å². The number of rotatable bonds is 5. The first kappa shape index (κ1) is 15.4. The first-order valence-corrected chi connectivity index (χ1v) is 8.07. The van der Waals surface area contributed by atoms with Crippen molar-refractivity contribution in [2.75, 3.05) is 31.6 Å². The lowest BCUT2D eigenvalue weighted by atomic mass is 9.85. The average molecular weight is 274 g/mol. The monoisotopic (exact) mass is 274 g/mol. The molecule has 20 heavy (non-hydrogen) atoms. The zero-order chi connectivity index (χ0) is 14.5. The quantitative estimate of drug-likeness (QED) is 0.879. The molecule has 2 unspecified atom stereocenters. The topological polar surface area (TPSA) is 15.3 Å². The van der Waals surface area contributed by atoms with E-state index in [1.165, 1.54) is 49.2 Å². The van der Waals surface area contributed by atoms with E-state index in [2.05, 4.69) is 56.2 Å². The summed E-state index contributed by atoms with van der Waals surface area (Å²) in [5.41, 5.74) is 4.12. The lowest BCUT2D eigenvalue weighted by Crippen LogP contribution is -2.34. The normalized spacial score (nSPS) is 20.7. The molecule has 2 rings (SSSR count). The van der Waals surface area contributed by atoms with Crippen LogP contribution in [0.1, 0.15) is 37.3 Å². The maximum atomic E-state index is 3.54. The van der Waals surface area contributed by atoms with Gasteiger partial charge in [-0.1, -0.05) is 24.6 Å². The second-order valence-corrected chi connectivity index (χ2v) is 6.58. The third kappa shape index (κ3) is 3.99. The Morgan fingerprint density at radius 3 is 2.80 bits per heavy atom. The van der Waals surface area contributed by atoms with Gasteiger partial charge in [0.05, 0.1) is 0 Å². The summed E-state index contributed by atoms with van der Waals surface area (Å²) in [6.07, 6.45) is 4.04. The molecule has 1 heterocycles. The summed E-state index contributed by atoms with van der Waals surface area (Å²) in [5.74, 6) is 1.69. The molecule has 1 aliphatic heterocycles. The number of hydrogen-bond donors (Lipinski definition) is 1. The molecule has 2 heteroatoms. The van der Waals surface area contributed by atoms with Crippen LogP contribution < -0.4 is 10.2 Å². The summed E-state index contributed by atoms with van der Waals surface area (Å²) in [6, 6.07) is 6.76. The van der Waals surface area contributed by atoms with Crippen LogP contribution in [0.25, 0.3) is 0 Å². The summed E-state index contributed by atoms with van der Waals surface area (Å²) in [6.45, 7) is 10.4. The summed E-state index contributed by atoms with van der Waals surface area (Å²) >= 11 is 0. The molecule has 112 valence electrons. The molecule has 0 spiro atoms. The Bertz CT molecular complexity index is 421. The molecule has 2 nitrogen and oxygen atoms in total. The van der Waals surface area contributed by atoms with Crippen molar-refractivity contribution < 1.29 is 0 Å². The molecular formula is C18H30N2. The van der Waals surface area contributed by atoms with Crippen molar-refractivity contribution in [1.82, 2.24) is 5.32 Å². The van der Waals surface area contributed by atoms with Gasteiger partial charge < -0.3 is 10.2 Å². The highest BCUT2D eigenvalue weighted by Gasteiger charge is 2.20. The number of hydrogen-bond acceptors (Lipinski definition) is 2. The zero-order valence-electron chi connectivity index (χ0n) is 13.6. The number of nitrogens with one attached hydrogen (secondary N) is 1. The standard InChI is InChI=1S/C18H30N2/c1-14-7-8-18(16(3)12-14)20(4)11-9-15(2)17-6-5-10-19-13-17/h7-8,12,15,17,19H,5-6,9-11,13H2,1-4H3. The minimum atomic E-state index is 0.816. The van der Waals surface area contributed by atoms with Crippen LogP contribution >= 0.6 is 0 Å². The van der Waals surface area contributed by atoms with E-state index >= 15 is 0 Å². The molecule has 1 fully saturated rings. The van der Waals surface area contributed by atoms with Gasteiger partial charge in [0.1, 0.15) is 0 Å². The number of nitrogens with zero attached hydrogens (tertiary/aromatic N) is 1. The van der Waals surface area contributed by atoms with E-state index in [1.807, 2.05) is 0 Å². The molecule has 1 saturated heterocycles. The first-order chi connectivity index (χ1) is 9.58. The first-order valence-electron chi connectivity index (χ1n) is 8.07. The van der Waals surface area contributed by atoms with Crippen LogP contribution in [-0.2, 0) is 0 Å². The highest BCUT2D eigenvalue weighted by molar-refractivity contribution is 5.53. The minimum absolute atomic E-state index is 0.816. The van der Waals surface area contributed by atoms with Crippen molar-refractivity contribution in [2.45, 2.75) is 40.0 Å². The molecule has 1 aliphatic rings. The highest BCUT2D eigenvalue weighted by atomic mass is 15.1. The van der Waals surface area contributed by atoms with Crippen molar-refractivity contribution in [3.8, 4) is 0 Å². The van der Waals surface area contributed by atoms with Crippen molar-refractivity contribution >= 4 is 5.69 Å². The molecule has 0 bridgehead atoms. The van der Waals surface area contributed by atoms with Gasteiger partial charge in [-0.25, -0.2) is 0 Å². The van der Waals surface area contributed by atoms with Gasteiger partial charge in [-0.05, 0) is 69.7 Å². The Morgan fingerprint density at radius 2 is 2.15 bits per heavy atom. The van der Waals surface area contributed by atoms with Crippen LogP contribution in [0.3, 0.4) is 0 Å². The molecule has 0 saturated carbocycles. The van der Waals surface area contributed by atoms with E-state index in [0.29, 0.717) is 0 Å². The predicted molar refractivity (Wildman–Crippen MR) is 88.6 cm³/mol. The smallest absolute Gasteiger partial charge is 0.0393 e. The lowest BCUT2D eigenvalue weighted by molar-refractivity contribution is 0.270. The summed E-state index contributed by atoms with van der Waals surface area (Å²) in [4.78, 5) is 2.42. The molecule has 0 amide bonds. The lowest BCUT2D eigenvalue weighted by Gasteiger charge is -2.30. The van der Waals surface area contributed by atoms with E-state index in [4.69, 9.17) is 0 Å². The van der Waals surface area contributed by atoms with Crippen molar-refractivity contribution in [3.63, 3.8) is 0 Å². The highest BCUT2D eigenvalue weighted by Crippen LogP contribution is 2.25. The fourth-order valence-electron chi connectivity index (χ4n) is 3.35. The van der Waals surface area contributed by atoms with Gasteiger partial charge in [-0.3, -0.25) is 0 Å². The predicted octanol–water partition coefficient (Wildman–Crippen LogP) is 3.77. The van der Waals surface area contributed by atoms with Crippen LogP contribution in [0.5, 0.6) is 0 Å². The molecule has 0 radical (unpaired) electrons. The van der Waals surface area contributed by atoms with Gasteiger partial charge >= 0.3 is 0 Å². The Labute approximate surface area is 124 Å². The van der Waals surface area contributed by atoms with Crippen molar-refractivity contribution in [1.29, 1.82) is 0 Å². The number of piperidine rings is 1. The fraction of sp³-hybridized carbons (Fsp3) is 0.667. The Morgan fingerprint density at radius 1 is 1.35 bits per heavy atom. The molecule has 0 aromatic heterocycles. The molecule has 2 atom stereocenters. The molecule has 1 N–H and O–H groups in total. The fourth-order valence-corrected chi connectivity index (χ4v) is 3.35. The third-order valence-corrected chi connectivity index (χ3v) is 4.82. The SMILES string of the molecule is Cc1ccc(N(C)CCC(C)C2CCCNC2)c(C)c1.